The van der Waals surface area contributed by atoms with Crippen LogP contribution in [-0.4, -0.2) is 51.8 Å². The number of aromatic amines is 1. The molecule has 0 bridgehead atoms. The number of carbonyl (C=O) groups excluding carboxylic acids is 2. The first-order valence-electron chi connectivity index (χ1n) is 12.4. The molecule has 4 rings (SSSR count). The van der Waals surface area contributed by atoms with E-state index >= 15 is 0 Å². The van der Waals surface area contributed by atoms with E-state index < -0.39 is 12.0 Å². The predicted octanol–water partition coefficient (Wildman–Crippen LogP) is 4.05. The number of hydrogen-bond acceptors (Lipinski definition) is 6. The molecule has 0 unspecified atom stereocenters. The topological polar surface area (TPSA) is 120 Å². The number of amides is 2. The third-order valence-corrected chi connectivity index (χ3v) is 6.10. The van der Waals surface area contributed by atoms with Gasteiger partial charge in [0.1, 0.15) is 6.61 Å². The number of nitrogens with zero attached hydrogens (tertiary/aromatic N) is 2. The lowest BCUT2D eigenvalue weighted by molar-refractivity contribution is -0.124. The lowest BCUT2D eigenvalue weighted by Gasteiger charge is -2.22. The van der Waals surface area contributed by atoms with Crippen molar-refractivity contribution in [2.45, 2.75) is 19.5 Å². The Morgan fingerprint density at radius 2 is 1.87 bits per heavy atom. The Labute approximate surface area is 221 Å². The van der Waals surface area contributed by atoms with Crippen molar-refractivity contribution < 1.29 is 19.5 Å². The highest BCUT2D eigenvalue weighted by Gasteiger charge is 2.11. The molecular weight excluding hydrogens is 482 g/mol. The number of benzene rings is 2. The maximum absolute atomic E-state index is 12.2. The van der Waals surface area contributed by atoms with Gasteiger partial charge in [0.2, 0.25) is 0 Å². The van der Waals surface area contributed by atoms with Crippen molar-refractivity contribution >= 4 is 29.0 Å². The lowest BCUT2D eigenvalue weighted by Crippen LogP contribution is -2.32. The number of H-pyrrole nitrogens is 1. The number of hydrogen-bond donors (Lipinski definition) is 4. The van der Waals surface area contributed by atoms with Crippen molar-refractivity contribution in [2.75, 3.05) is 19.7 Å². The molecule has 2 aromatic carbocycles. The Balaban J connectivity index is 1.34. The monoisotopic (exact) mass is 513 g/mol. The van der Waals surface area contributed by atoms with Crippen molar-refractivity contribution in [2.24, 2.45) is 0 Å². The second-order valence-corrected chi connectivity index (χ2v) is 8.79. The number of ether oxygens (including phenoxy) is 1. The van der Waals surface area contributed by atoms with Crippen LogP contribution in [0.5, 0.6) is 0 Å². The minimum Gasteiger partial charge on any atom is -0.448 e. The van der Waals surface area contributed by atoms with Gasteiger partial charge >= 0.3 is 6.09 Å². The number of hydroxylamine groups is 1. The van der Waals surface area contributed by atoms with Crippen molar-refractivity contribution in [1.82, 2.24) is 25.7 Å². The van der Waals surface area contributed by atoms with E-state index in [1.807, 2.05) is 48.5 Å². The minimum atomic E-state index is -0.581. The summed E-state index contributed by atoms with van der Waals surface area (Å²) in [5.41, 5.74) is 6.76. The third-order valence-electron chi connectivity index (χ3n) is 6.10. The van der Waals surface area contributed by atoms with Gasteiger partial charge in [0.15, 0.2) is 0 Å². The SMILES string of the molecule is O=C(C=Cc1ccc(CN(CCOC(=O)NCc2cccnc2)CCc2c[nH]c3ccccc23)cc1)NO. The van der Waals surface area contributed by atoms with Gasteiger partial charge in [-0.3, -0.25) is 19.9 Å². The van der Waals surface area contributed by atoms with Crippen LogP contribution in [0.2, 0.25) is 0 Å². The first-order chi connectivity index (χ1) is 18.6. The molecule has 2 aromatic heterocycles. The lowest BCUT2D eigenvalue weighted by atomic mass is 10.1. The molecule has 2 amide bonds. The molecule has 196 valence electrons. The summed E-state index contributed by atoms with van der Waals surface area (Å²) in [6.45, 7) is 2.63. The van der Waals surface area contributed by atoms with E-state index in [1.165, 1.54) is 17.0 Å². The average molecular weight is 514 g/mol. The fourth-order valence-electron chi connectivity index (χ4n) is 4.08. The van der Waals surface area contributed by atoms with Crippen LogP contribution >= 0.6 is 0 Å². The van der Waals surface area contributed by atoms with Crippen LogP contribution in [0.25, 0.3) is 17.0 Å². The zero-order chi connectivity index (χ0) is 26.6. The molecular formula is C29H31N5O4. The van der Waals surface area contributed by atoms with Gasteiger partial charge in [-0.15, -0.1) is 0 Å². The number of para-hydroxylation sites is 1. The summed E-state index contributed by atoms with van der Waals surface area (Å²) in [5, 5.41) is 12.6. The van der Waals surface area contributed by atoms with E-state index in [9.17, 15) is 9.59 Å². The molecule has 0 saturated carbocycles. The van der Waals surface area contributed by atoms with Gasteiger partial charge in [-0.2, -0.15) is 0 Å². The number of carbonyl (C=O) groups is 2. The highest BCUT2D eigenvalue weighted by Crippen LogP contribution is 2.19. The molecule has 9 heteroatoms. The summed E-state index contributed by atoms with van der Waals surface area (Å²) >= 11 is 0. The Kier molecular flexibility index (Phi) is 9.61. The molecule has 4 aromatic rings. The smallest absolute Gasteiger partial charge is 0.407 e. The van der Waals surface area contributed by atoms with Gasteiger partial charge in [-0.1, -0.05) is 48.5 Å². The molecule has 9 nitrogen and oxygen atoms in total. The highest BCUT2D eigenvalue weighted by molar-refractivity contribution is 5.90. The van der Waals surface area contributed by atoms with E-state index in [1.54, 1.807) is 23.9 Å². The fourth-order valence-corrected chi connectivity index (χ4v) is 4.08. The van der Waals surface area contributed by atoms with Crippen LogP contribution in [0.15, 0.2) is 85.3 Å². The maximum Gasteiger partial charge on any atom is 0.407 e. The summed E-state index contributed by atoms with van der Waals surface area (Å²) in [6.07, 6.45) is 8.71. The van der Waals surface area contributed by atoms with Crippen LogP contribution in [0.4, 0.5) is 4.79 Å². The Hall–Kier alpha value is -4.47. The summed E-state index contributed by atoms with van der Waals surface area (Å²) in [7, 11) is 0. The molecule has 4 N–H and O–H groups in total. The van der Waals surface area contributed by atoms with Gasteiger partial charge in [0.25, 0.3) is 5.91 Å². The Morgan fingerprint density at radius 3 is 2.66 bits per heavy atom. The van der Waals surface area contributed by atoms with E-state index in [-0.39, 0.29) is 6.61 Å². The third kappa shape index (κ3) is 8.02. The number of fused-ring (bicyclic) bond motifs is 1. The summed E-state index contributed by atoms with van der Waals surface area (Å²) in [4.78, 5) is 33.0. The number of pyridine rings is 1. The molecule has 0 aliphatic rings. The number of aromatic nitrogens is 2. The maximum atomic E-state index is 12.2. The van der Waals surface area contributed by atoms with Crippen molar-refractivity contribution in [3.05, 3.63) is 108 Å². The Morgan fingerprint density at radius 1 is 1.03 bits per heavy atom. The largest absolute Gasteiger partial charge is 0.448 e. The summed E-state index contributed by atoms with van der Waals surface area (Å²) in [5.74, 6) is -0.581. The normalized spacial score (nSPS) is 11.2. The second kappa shape index (κ2) is 13.7. The molecule has 0 fully saturated rings. The second-order valence-electron chi connectivity index (χ2n) is 8.79. The minimum absolute atomic E-state index is 0.254. The van der Waals surface area contributed by atoms with Crippen LogP contribution < -0.4 is 10.8 Å². The van der Waals surface area contributed by atoms with Crippen LogP contribution in [-0.2, 0) is 29.0 Å². The quantitative estimate of drug-likeness (QED) is 0.129. The van der Waals surface area contributed by atoms with Gasteiger partial charge in [0, 0.05) is 61.7 Å². The molecule has 0 saturated heterocycles. The van der Waals surface area contributed by atoms with Crippen LogP contribution in [0, 0.1) is 0 Å². The summed E-state index contributed by atoms with van der Waals surface area (Å²) in [6, 6.07) is 19.8. The van der Waals surface area contributed by atoms with Crippen LogP contribution in [0.1, 0.15) is 22.3 Å². The molecule has 0 aliphatic heterocycles. The zero-order valence-electron chi connectivity index (χ0n) is 21.0. The molecule has 0 aliphatic carbocycles. The first-order valence-corrected chi connectivity index (χ1v) is 12.4. The standard InChI is InChI=1S/C29H31N5O4/c35-28(33-37)12-11-22-7-9-23(10-8-22)21-34(15-13-25-20-31-27-6-2-1-5-26(25)27)16-17-38-29(36)32-19-24-4-3-14-30-18-24/h1-12,14,18,20,31,37H,13,15-17,19,21H2,(H,32,36)(H,33,35). The molecule has 0 radical (unpaired) electrons. The van der Waals surface area contributed by atoms with Gasteiger partial charge in [0.05, 0.1) is 0 Å². The molecule has 2 heterocycles. The van der Waals surface area contributed by atoms with E-state index in [0.717, 1.165) is 35.2 Å². The first kappa shape index (κ1) is 26.6. The van der Waals surface area contributed by atoms with E-state index in [0.29, 0.717) is 19.6 Å². The number of alkyl carbamates (subject to hydrolysis) is 1. The van der Waals surface area contributed by atoms with Gasteiger partial charge in [-0.05, 0) is 46.9 Å². The highest BCUT2D eigenvalue weighted by atomic mass is 16.5. The average Bonchev–Trinajstić information content (AvgIpc) is 3.37. The Bertz CT molecular complexity index is 1350. The molecule has 0 spiro atoms. The van der Waals surface area contributed by atoms with Gasteiger partial charge in [-0.25, -0.2) is 10.3 Å². The van der Waals surface area contributed by atoms with E-state index in [2.05, 4.69) is 38.5 Å². The fraction of sp³-hybridized carbons (Fsp3) is 0.207. The number of nitrogens with one attached hydrogen (secondary N) is 3. The van der Waals surface area contributed by atoms with Crippen LogP contribution in [0.3, 0.4) is 0 Å². The zero-order valence-corrected chi connectivity index (χ0v) is 21.0. The van der Waals surface area contributed by atoms with Gasteiger partial charge < -0.3 is 15.0 Å². The molecule has 0 atom stereocenters. The molecule has 38 heavy (non-hydrogen) atoms. The van der Waals surface area contributed by atoms with Crippen molar-refractivity contribution in [3.63, 3.8) is 0 Å². The number of rotatable bonds is 12. The van der Waals surface area contributed by atoms with Crippen molar-refractivity contribution in [1.29, 1.82) is 0 Å². The van der Waals surface area contributed by atoms with Crippen molar-refractivity contribution in [3.8, 4) is 0 Å². The van der Waals surface area contributed by atoms with E-state index in [4.69, 9.17) is 9.94 Å². The predicted molar refractivity (Wildman–Crippen MR) is 145 cm³/mol. The summed E-state index contributed by atoms with van der Waals surface area (Å²) < 4.78 is 5.44.